The van der Waals surface area contributed by atoms with Crippen molar-refractivity contribution in [3.63, 3.8) is 0 Å². The number of likely N-dealkylation sites (tertiary alicyclic amines) is 2. The lowest BCUT2D eigenvalue weighted by Gasteiger charge is -2.29. The fourth-order valence-corrected chi connectivity index (χ4v) is 4.60. The van der Waals surface area contributed by atoms with Crippen molar-refractivity contribution in [1.29, 1.82) is 0 Å². The van der Waals surface area contributed by atoms with Crippen molar-refractivity contribution in [2.24, 2.45) is 5.41 Å². The molecule has 4 rings (SSSR count). The molecule has 1 aromatic carbocycles. The van der Waals surface area contributed by atoms with E-state index in [1.54, 1.807) is 13.4 Å². The normalized spacial score (nSPS) is 26.3. The lowest BCUT2D eigenvalue weighted by atomic mass is 9.73. The lowest BCUT2D eigenvalue weighted by Crippen LogP contribution is -2.40. The van der Waals surface area contributed by atoms with Gasteiger partial charge in [0.2, 0.25) is 5.91 Å². The predicted molar refractivity (Wildman–Crippen MR) is 98.7 cm³/mol. The molecule has 0 unspecified atom stereocenters. The Kier molecular flexibility index (Phi) is 4.83. The molecule has 3 heterocycles. The molecule has 0 radical (unpaired) electrons. The summed E-state index contributed by atoms with van der Waals surface area (Å²) in [5.41, 5.74) is 0.929. The van der Waals surface area contributed by atoms with Crippen molar-refractivity contribution >= 4 is 5.91 Å². The van der Waals surface area contributed by atoms with Gasteiger partial charge in [-0.05, 0) is 24.1 Å². The molecular weight excluding hydrogens is 328 g/mol. The highest BCUT2D eigenvalue weighted by Gasteiger charge is 2.56. The molecule has 2 aliphatic heterocycles. The van der Waals surface area contributed by atoms with Crippen molar-refractivity contribution in [2.45, 2.75) is 18.9 Å². The van der Waals surface area contributed by atoms with E-state index in [2.05, 4.69) is 29.2 Å². The third kappa shape index (κ3) is 3.06. The fourth-order valence-electron chi connectivity index (χ4n) is 4.60. The lowest BCUT2D eigenvalue weighted by molar-refractivity contribution is -0.136. The van der Waals surface area contributed by atoms with Crippen LogP contribution >= 0.6 is 0 Å². The number of benzene rings is 1. The van der Waals surface area contributed by atoms with Crippen LogP contribution in [0.2, 0.25) is 0 Å². The van der Waals surface area contributed by atoms with Gasteiger partial charge in [0, 0.05) is 39.2 Å². The van der Waals surface area contributed by atoms with Crippen molar-refractivity contribution in [3.05, 3.63) is 60.1 Å². The molecular formula is C21H26N2O3. The zero-order valence-electron chi connectivity index (χ0n) is 15.3. The van der Waals surface area contributed by atoms with E-state index in [9.17, 15) is 4.79 Å². The Morgan fingerprint density at radius 3 is 2.81 bits per heavy atom. The summed E-state index contributed by atoms with van der Waals surface area (Å²) >= 11 is 0. The number of carbonyl (C=O) groups is 1. The van der Waals surface area contributed by atoms with Crippen LogP contribution in [0.3, 0.4) is 0 Å². The Bertz CT molecular complexity index is 731. The van der Waals surface area contributed by atoms with E-state index < -0.39 is 0 Å². The van der Waals surface area contributed by atoms with Crippen LogP contribution in [0.15, 0.2) is 53.1 Å². The smallest absolute Gasteiger partial charge is 0.230 e. The average molecular weight is 354 g/mol. The number of hydrogen-bond acceptors (Lipinski definition) is 4. The molecule has 0 bridgehead atoms. The van der Waals surface area contributed by atoms with Gasteiger partial charge in [0.25, 0.3) is 0 Å². The molecule has 0 saturated carbocycles. The van der Waals surface area contributed by atoms with Crippen LogP contribution in [-0.2, 0) is 16.1 Å². The molecule has 2 atom stereocenters. The molecule has 2 aromatic rings. The van der Waals surface area contributed by atoms with E-state index in [4.69, 9.17) is 9.15 Å². The van der Waals surface area contributed by atoms with E-state index >= 15 is 0 Å². The van der Waals surface area contributed by atoms with Crippen LogP contribution in [0.1, 0.15) is 23.7 Å². The third-order valence-electron chi connectivity index (χ3n) is 5.88. The first-order valence-corrected chi connectivity index (χ1v) is 9.31. The van der Waals surface area contributed by atoms with Gasteiger partial charge in [0.1, 0.15) is 5.76 Å². The number of rotatable bonds is 6. The second-order valence-electron chi connectivity index (χ2n) is 7.40. The number of furan rings is 1. The van der Waals surface area contributed by atoms with Gasteiger partial charge in [0.05, 0.1) is 24.8 Å². The van der Waals surface area contributed by atoms with Gasteiger partial charge < -0.3 is 14.1 Å². The largest absolute Gasteiger partial charge is 0.468 e. The third-order valence-corrected chi connectivity index (χ3v) is 5.88. The second-order valence-corrected chi connectivity index (χ2v) is 7.40. The van der Waals surface area contributed by atoms with Gasteiger partial charge >= 0.3 is 0 Å². The maximum absolute atomic E-state index is 13.4. The van der Waals surface area contributed by atoms with E-state index in [-0.39, 0.29) is 17.2 Å². The minimum atomic E-state index is -0.332. The number of ether oxygens (including phenoxy) is 1. The van der Waals surface area contributed by atoms with Crippen LogP contribution in [-0.4, -0.2) is 55.6 Å². The molecule has 1 aromatic heterocycles. The van der Waals surface area contributed by atoms with Crippen molar-refractivity contribution < 1.29 is 13.9 Å². The van der Waals surface area contributed by atoms with E-state index in [0.717, 1.165) is 38.4 Å². The van der Waals surface area contributed by atoms with Crippen molar-refractivity contribution in [2.75, 3.05) is 39.9 Å². The molecule has 0 N–H and O–H groups in total. The summed E-state index contributed by atoms with van der Waals surface area (Å²) < 4.78 is 10.7. The molecule has 2 aliphatic rings. The van der Waals surface area contributed by atoms with E-state index in [1.807, 2.05) is 23.1 Å². The monoisotopic (exact) mass is 354 g/mol. The molecule has 26 heavy (non-hydrogen) atoms. The van der Waals surface area contributed by atoms with Crippen LogP contribution in [0.4, 0.5) is 0 Å². The molecule has 2 saturated heterocycles. The highest BCUT2D eigenvalue weighted by molar-refractivity contribution is 5.87. The van der Waals surface area contributed by atoms with Crippen LogP contribution < -0.4 is 0 Å². The summed E-state index contributed by atoms with van der Waals surface area (Å²) in [4.78, 5) is 17.7. The maximum atomic E-state index is 13.4. The predicted octanol–water partition coefficient (Wildman–Crippen LogP) is 2.74. The molecule has 1 amide bonds. The summed E-state index contributed by atoms with van der Waals surface area (Å²) in [6.07, 6.45) is 2.62. The highest BCUT2D eigenvalue weighted by Crippen LogP contribution is 2.50. The van der Waals surface area contributed by atoms with Gasteiger partial charge in [-0.15, -0.1) is 0 Å². The van der Waals surface area contributed by atoms with E-state index in [0.29, 0.717) is 13.2 Å². The second kappa shape index (κ2) is 7.25. The standard InChI is InChI=1S/C21H26N2O3/c1-25-13-11-23-10-9-21(20(23)24)16-22(14-18-8-5-12-26-18)15-19(21)17-6-3-2-4-7-17/h2-8,12,19H,9-11,13-16H2,1H3/t19-,21+/m0/s1. The Hall–Kier alpha value is -2.11. The topological polar surface area (TPSA) is 45.9 Å². The minimum absolute atomic E-state index is 0.221. The summed E-state index contributed by atoms with van der Waals surface area (Å²) in [6, 6.07) is 14.4. The first-order valence-electron chi connectivity index (χ1n) is 9.31. The Labute approximate surface area is 154 Å². The van der Waals surface area contributed by atoms with Crippen molar-refractivity contribution in [1.82, 2.24) is 9.80 Å². The van der Waals surface area contributed by atoms with Gasteiger partial charge in [-0.1, -0.05) is 30.3 Å². The van der Waals surface area contributed by atoms with E-state index in [1.165, 1.54) is 5.56 Å². The van der Waals surface area contributed by atoms with Crippen LogP contribution in [0.25, 0.3) is 0 Å². The van der Waals surface area contributed by atoms with Gasteiger partial charge in [-0.3, -0.25) is 9.69 Å². The number of amides is 1. The maximum Gasteiger partial charge on any atom is 0.230 e. The number of carbonyl (C=O) groups excluding carboxylic acids is 1. The number of hydrogen-bond donors (Lipinski definition) is 0. The zero-order valence-corrected chi connectivity index (χ0v) is 15.3. The molecule has 1 spiro atoms. The quantitative estimate of drug-likeness (QED) is 0.800. The van der Waals surface area contributed by atoms with Gasteiger partial charge in [-0.2, -0.15) is 0 Å². The van der Waals surface area contributed by atoms with Gasteiger partial charge in [0.15, 0.2) is 0 Å². The molecule has 0 aliphatic carbocycles. The first kappa shape index (κ1) is 17.3. The molecule has 5 heteroatoms. The molecule has 2 fully saturated rings. The minimum Gasteiger partial charge on any atom is -0.468 e. The zero-order chi connectivity index (χ0) is 18.0. The molecule has 138 valence electrons. The SMILES string of the molecule is COCCN1CC[C@]2(CN(Cc3ccco3)C[C@H]2c2ccccc2)C1=O. The Morgan fingerprint density at radius 2 is 2.08 bits per heavy atom. The highest BCUT2D eigenvalue weighted by atomic mass is 16.5. The summed E-state index contributed by atoms with van der Waals surface area (Å²) in [5, 5.41) is 0. The number of methoxy groups -OCH3 is 1. The van der Waals surface area contributed by atoms with Gasteiger partial charge in [-0.25, -0.2) is 0 Å². The van der Waals surface area contributed by atoms with Crippen LogP contribution in [0, 0.1) is 5.41 Å². The first-order chi connectivity index (χ1) is 12.7. The Balaban J connectivity index is 1.60. The molecule has 5 nitrogen and oxygen atoms in total. The van der Waals surface area contributed by atoms with Crippen molar-refractivity contribution in [3.8, 4) is 0 Å². The summed E-state index contributed by atoms with van der Waals surface area (Å²) in [7, 11) is 1.68. The Morgan fingerprint density at radius 1 is 1.23 bits per heavy atom. The van der Waals surface area contributed by atoms with Crippen LogP contribution in [0.5, 0.6) is 0 Å². The summed E-state index contributed by atoms with van der Waals surface area (Å²) in [6.45, 7) is 4.51. The fraction of sp³-hybridized carbons (Fsp3) is 0.476. The summed E-state index contributed by atoms with van der Waals surface area (Å²) in [5.74, 6) is 1.46. The number of nitrogens with zero attached hydrogens (tertiary/aromatic N) is 2. The average Bonchev–Trinajstić information content (AvgIpc) is 3.37.